The molecule has 0 spiro atoms. The summed E-state index contributed by atoms with van der Waals surface area (Å²) < 4.78 is 0. The van der Waals surface area contributed by atoms with Crippen molar-refractivity contribution in [1.82, 2.24) is 5.06 Å². The highest BCUT2D eigenvalue weighted by atomic mass is 16.7. The molecule has 0 N–H and O–H groups in total. The van der Waals surface area contributed by atoms with Crippen LogP contribution in [-0.4, -0.2) is 29.9 Å². The molecule has 0 aliphatic carbocycles. The van der Waals surface area contributed by atoms with Crippen LogP contribution in [0.1, 0.15) is 13.3 Å². The van der Waals surface area contributed by atoms with Gasteiger partial charge in [-0.1, -0.05) is 0 Å². The van der Waals surface area contributed by atoms with Crippen LogP contribution >= 0.6 is 0 Å². The first-order valence-electron chi connectivity index (χ1n) is 3.15. The lowest BCUT2D eigenvalue weighted by Gasteiger charge is -2.09. The van der Waals surface area contributed by atoms with Gasteiger partial charge in [0.15, 0.2) is 0 Å². The van der Waals surface area contributed by atoms with Gasteiger partial charge < -0.3 is 4.79 Å². The van der Waals surface area contributed by atoms with Crippen LogP contribution in [-0.2, 0) is 14.4 Å². The Bertz CT molecular complexity index is 157. The minimum atomic E-state index is -0.111. The topological polar surface area (TPSA) is 46.6 Å². The number of carbonyl (C=O) groups is 2. The largest absolute Gasteiger partial charge is 0.301 e. The molecule has 0 bridgehead atoms. The lowest BCUT2D eigenvalue weighted by molar-refractivity contribution is -0.171. The molecule has 0 aromatic carbocycles. The van der Waals surface area contributed by atoms with Crippen LogP contribution in [0.15, 0.2) is 0 Å². The second-order valence-corrected chi connectivity index (χ2v) is 2.24. The van der Waals surface area contributed by atoms with Crippen LogP contribution in [0.5, 0.6) is 0 Å². The fourth-order valence-electron chi connectivity index (χ4n) is 0.874. The van der Waals surface area contributed by atoms with Gasteiger partial charge in [0.05, 0.1) is 12.5 Å². The number of carbonyl (C=O) groups excluding carboxylic acids is 2. The Morgan fingerprint density at radius 2 is 2.60 bits per heavy atom. The van der Waals surface area contributed by atoms with Gasteiger partial charge in [0.1, 0.15) is 12.8 Å². The van der Waals surface area contributed by atoms with Crippen LogP contribution in [0.25, 0.3) is 0 Å². The van der Waals surface area contributed by atoms with Gasteiger partial charge in [-0.2, -0.15) is 0 Å². The zero-order valence-electron chi connectivity index (χ0n) is 5.74. The molecule has 56 valence electrons. The molecule has 1 amide bonds. The fourth-order valence-corrected chi connectivity index (χ4v) is 0.874. The maximum Gasteiger partial charge on any atom is 0.249 e. The maximum absolute atomic E-state index is 10.8. The van der Waals surface area contributed by atoms with Gasteiger partial charge in [-0.15, -0.1) is 0 Å². The van der Waals surface area contributed by atoms with E-state index in [4.69, 9.17) is 4.84 Å². The van der Waals surface area contributed by atoms with Gasteiger partial charge in [0.2, 0.25) is 5.91 Å². The molecule has 1 heterocycles. The average Bonchev–Trinajstić information content (AvgIpc) is 2.13. The molecule has 1 aliphatic rings. The van der Waals surface area contributed by atoms with Gasteiger partial charge in [-0.05, 0) is 6.92 Å². The average molecular weight is 143 g/mol. The molecule has 1 rings (SSSR count). The zero-order valence-corrected chi connectivity index (χ0v) is 5.74. The van der Waals surface area contributed by atoms with Crippen molar-refractivity contribution in [1.29, 1.82) is 0 Å². The third kappa shape index (κ3) is 1.33. The first-order valence-corrected chi connectivity index (χ1v) is 3.15. The van der Waals surface area contributed by atoms with Crippen LogP contribution in [0.3, 0.4) is 0 Å². The molecule has 10 heavy (non-hydrogen) atoms. The highest BCUT2D eigenvalue weighted by Crippen LogP contribution is 2.12. The minimum absolute atomic E-state index is 0.0448. The Kier molecular flexibility index (Phi) is 2.01. The summed E-state index contributed by atoms with van der Waals surface area (Å²) in [7, 11) is 0. The van der Waals surface area contributed by atoms with Crippen molar-refractivity contribution in [2.24, 2.45) is 0 Å². The Morgan fingerprint density at radius 3 is 3.00 bits per heavy atom. The molecule has 1 atom stereocenters. The predicted molar refractivity (Wildman–Crippen MR) is 32.9 cm³/mol. The van der Waals surface area contributed by atoms with Crippen LogP contribution in [0.2, 0.25) is 0 Å². The lowest BCUT2D eigenvalue weighted by Crippen LogP contribution is -2.25. The number of aldehydes is 1. The minimum Gasteiger partial charge on any atom is -0.301 e. The summed E-state index contributed by atoms with van der Waals surface area (Å²) >= 11 is 0. The summed E-state index contributed by atoms with van der Waals surface area (Å²) in [5.41, 5.74) is 0. The summed E-state index contributed by atoms with van der Waals surface area (Å²) in [4.78, 5) is 25.7. The van der Waals surface area contributed by atoms with Crippen LogP contribution in [0.4, 0.5) is 0 Å². The van der Waals surface area contributed by atoms with Crippen molar-refractivity contribution < 1.29 is 14.4 Å². The van der Waals surface area contributed by atoms with E-state index in [9.17, 15) is 9.59 Å². The molecule has 4 heteroatoms. The molecule has 1 saturated heterocycles. The number of rotatable bonds is 2. The van der Waals surface area contributed by atoms with E-state index in [1.807, 2.05) is 0 Å². The monoisotopic (exact) mass is 143 g/mol. The van der Waals surface area contributed by atoms with E-state index >= 15 is 0 Å². The molecule has 0 aromatic rings. The number of amides is 1. The quantitative estimate of drug-likeness (QED) is 0.500. The molecule has 0 radical (unpaired) electrons. The van der Waals surface area contributed by atoms with Crippen molar-refractivity contribution in [2.45, 2.75) is 19.4 Å². The van der Waals surface area contributed by atoms with E-state index in [1.165, 1.54) is 0 Å². The molecular weight excluding hydrogens is 134 g/mol. The van der Waals surface area contributed by atoms with Gasteiger partial charge in [0, 0.05) is 0 Å². The molecule has 0 saturated carbocycles. The van der Waals surface area contributed by atoms with E-state index in [-0.39, 0.29) is 18.6 Å². The molecule has 4 nitrogen and oxygen atoms in total. The van der Waals surface area contributed by atoms with Crippen molar-refractivity contribution in [3.05, 3.63) is 0 Å². The van der Waals surface area contributed by atoms with E-state index in [0.29, 0.717) is 12.7 Å². The zero-order chi connectivity index (χ0) is 7.56. The Hall–Kier alpha value is -0.900. The van der Waals surface area contributed by atoms with Gasteiger partial charge in [0.25, 0.3) is 0 Å². The van der Waals surface area contributed by atoms with Crippen molar-refractivity contribution in [2.75, 3.05) is 6.54 Å². The Morgan fingerprint density at radius 1 is 1.90 bits per heavy atom. The third-order valence-corrected chi connectivity index (χ3v) is 1.29. The van der Waals surface area contributed by atoms with Gasteiger partial charge >= 0.3 is 0 Å². The number of hydrogen-bond donors (Lipinski definition) is 0. The van der Waals surface area contributed by atoms with Crippen LogP contribution in [0, 0.1) is 0 Å². The van der Waals surface area contributed by atoms with E-state index in [1.54, 1.807) is 6.92 Å². The van der Waals surface area contributed by atoms with E-state index < -0.39 is 0 Å². The molecule has 1 aliphatic heterocycles. The number of hydroxylamine groups is 2. The summed E-state index contributed by atoms with van der Waals surface area (Å²) in [6.07, 6.45) is 0.955. The first-order chi connectivity index (χ1) is 4.74. The first kappa shape index (κ1) is 7.21. The second kappa shape index (κ2) is 2.79. The van der Waals surface area contributed by atoms with Gasteiger partial charge in [-0.3, -0.25) is 9.63 Å². The third-order valence-electron chi connectivity index (χ3n) is 1.29. The lowest BCUT2D eigenvalue weighted by atomic mass is 10.3. The highest BCUT2D eigenvalue weighted by Gasteiger charge is 2.26. The molecule has 1 unspecified atom stereocenters. The SMILES string of the molecule is CC1CC(=O)N(CC=O)O1. The normalized spacial score (nSPS) is 25.5. The molecule has 0 aromatic heterocycles. The standard InChI is InChI=1S/C6H9NO3/c1-5-4-6(9)7(10-5)2-3-8/h3,5H,2,4H2,1H3. The summed E-state index contributed by atoms with van der Waals surface area (Å²) in [5, 5.41) is 1.09. The van der Waals surface area contributed by atoms with E-state index in [2.05, 4.69) is 0 Å². The fraction of sp³-hybridized carbons (Fsp3) is 0.667. The predicted octanol–water partition coefficient (Wildman–Crippen LogP) is -0.262. The van der Waals surface area contributed by atoms with Crippen LogP contribution < -0.4 is 0 Å². The van der Waals surface area contributed by atoms with Gasteiger partial charge in [-0.25, -0.2) is 5.06 Å². The summed E-state index contributed by atoms with van der Waals surface area (Å²) in [6, 6.07) is 0. The Labute approximate surface area is 58.7 Å². The van der Waals surface area contributed by atoms with Crippen molar-refractivity contribution >= 4 is 12.2 Å². The smallest absolute Gasteiger partial charge is 0.249 e. The molecular formula is C6H9NO3. The number of nitrogens with zero attached hydrogens (tertiary/aromatic N) is 1. The highest BCUT2D eigenvalue weighted by molar-refractivity contribution is 5.79. The summed E-state index contributed by atoms with van der Waals surface area (Å²) in [6.45, 7) is 1.84. The van der Waals surface area contributed by atoms with Crippen molar-refractivity contribution in [3.8, 4) is 0 Å². The molecule has 1 fully saturated rings. The Balaban J connectivity index is 2.46. The van der Waals surface area contributed by atoms with E-state index in [0.717, 1.165) is 5.06 Å². The second-order valence-electron chi connectivity index (χ2n) is 2.24. The maximum atomic E-state index is 10.8. The van der Waals surface area contributed by atoms with Crippen molar-refractivity contribution in [3.63, 3.8) is 0 Å². The summed E-state index contributed by atoms with van der Waals surface area (Å²) in [5.74, 6) is -0.111. The number of hydrogen-bond acceptors (Lipinski definition) is 3.